The van der Waals surface area contributed by atoms with E-state index in [4.69, 9.17) is 0 Å². The van der Waals surface area contributed by atoms with Gasteiger partial charge in [-0.2, -0.15) is 0 Å². The number of rotatable bonds is 4. The summed E-state index contributed by atoms with van der Waals surface area (Å²) in [6.07, 6.45) is 3.20. The van der Waals surface area contributed by atoms with Crippen molar-refractivity contribution in [1.82, 2.24) is 10.2 Å². The summed E-state index contributed by atoms with van der Waals surface area (Å²) in [6, 6.07) is 0.447. The number of likely N-dealkylation sites (N-methyl/N-ethyl adjacent to an activating group) is 1. The van der Waals surface area contributed by atoms with Crippen LogP contribution in [0.2, 0.25) is 0 Å². The van der Waals surface area contributed by atoms with Gasteiger partial charge in [0.05, 0.1) is 6.04 Å². The van der Waals surface area contributed by atoms with Crippen molar-refractivity contribution in [1.29, 1.82) is 0 Å². The van der Waals surface area contributed by atoms with Crippen LogP contribution in [-0.4, -0.2) is 36.5 Å². The van der Waals surface area contributed by atoms with Crippen LogP contribution in [0.15, 0.2) is 0 Å². The van der Waals surface area contributed by atoms with Crippen molar-refractivity contribution in [3.8, 4) is 0 Å². The van der Waals surface area contributed by atoms with Crippen molar-refractivity contribution in [3.63, 3.8) is 0 Å². The summed E-state index contributed by atoms with van der Waals surface area (Å²) >= 11 is 0. The van der Waals surface area contributed by atoms with Gasteiger partial charge in [0.15, 0.2) is 0 Å². The monoisotopic (exact) mass is 212 g/mol. The Kier molecular flexibility index (Phi) is 4.58. The molecule has 1 aliphatic rings. The number of carbonyl (C=O) groups excluding carboxylic acids is 1. The molecule has 1 heterocycles. The van der Waals surface area contributed by atoms with Crippen LogP contribution in [-0.2, 0) is 4.79 Å². The third-order valence-electron chi connectivity index (χ3n) is 3.64. The van der Waals surface area contributed by atoms with Crippen LogP contribution in [0, 0.1) is 5.92 Å². The second-order valence-corrected chi connectivity index (χ2v) is 4.62. The average Bonchev–Trinajstić information content (AvgIpc) is 2.65. The molecule has 1 saturated heterocycles. The normalized spacial score (nSPS) is 25.9. The van der Waals surface area contributed by atoms with Gasteiger partial charge in [0, 0.05) is 13.1 Å². The lowest BCUT2D eigenvalue weighted by Crippen LogP contribution is -2.47. The molecule has 1 rings (SSSR count). The fourth-order valence-corrected chi connectivity index (χ4v) is 2.40. The van der Waals surface area contributed by atoms with Crippen LogP contribution < -0.4 is 5.32 Å². The minimum Gasteiger partial charge on any atom is -0.341 e. The minimum atomic E-state index is 0.0515. The fourth-order valence-electron chi connectivity index (χ4n) is 2.40. The van der Waals surface area contributed by atoms with Gasteiger partial charge in [0.2, 0.25) is 5.91 Å². The van der Waals surface area contributed by atoms with Crippen molar-refractivity contribution in [2.45, 2.75) is 52.1 Å². The first-order chi connectivity index (χ1) is 7.11. The number of nitrogens with one attached hydrogen (secondary N) is 1. The SMILES string of the molecule is CCC(CC)N(C)C(=O)C1NCCC1C. The lowest BCUT2D eigenvalue weighted by atomic mass is 10.0. The van der Waals surface area contributed by atoms with Gasteiger partial charge in [-0.3, -0.25) is 4.79 Å². The summed E-state index contributed by atoms with van der Waals surface area (Å²) in [7, 11) is 1.94. The highest BCUT2D eigenvalue weighted by Crippen LogP contribution is 2.18. The Hall–Kier alpha value is -0.570. The van der Waals surface area contributed by atoms with Gasteiger partial charge < -0.3 is 10.2 Å². The maximum Gasteiger partial charge on any atom is 0.239 e. The molecule has 0 saturated carbocycles. The van der Waals surface area contributed by atoms with E-state index in [1.165, 1.54) is 0 Å². The second-order valence-electron chi connectivity index (χ2n) is 4.62. The van der Waals surface area contributed by atoms with Crippen molar-refractivity contribution in [2.24, 2.45) is 5.92 Å². The molecule has 15 heavy (non-hydrogen) atoms. The molecule has 1 aliphatic heterocycles. The van der Waals surface area contributed by atoms with Crippen molar-refractivity contribution < 1.29 is 4.79 Å². The number of carbonyl (C=O) groups is 1. The van der Waals surface area contributed by atoms with Crippen LogP contribution in [0.5, 0.6) is 0 Å². The van der Waals surface area contributed by atoms with Crippen LogP contribution in [0.3, 0.4) is 0 Å². The molecule has 88 valence electrons. The number of nitrogens with zero attached hydrogens (tertiary/aromatic N) is 1. The highest BCUT2D eigenvalue weighted by atomic mass is 16.2. The smallest absolute Gasteiger partial charge is 0.239 e. The van der Waals surface area contributed by atoms with Crippen LogP contribution in [0.4, 0.5) is 0 Å². The van der Waals surface area contributed by atoms with E-state index in [2.05, 4.69) is 26.1 Å². The molecule has 1 amide bonds. The summed E-state index contributed by atoms with van der Waals surface area (Å²) in [4.78, 5) is 14.1. The van der Waals surface area contributed by atoms with Crippen molar-refractivity contribution >= 4 is 5.91 Å². The molecule has 3 nitrogen and oxygen atoms in total. The molecule has 0 aromatic heterocycles. The molecule has 2 unspecified atom stereocenters. The molecule has 0 aromatic carbocycles. The number of hydrogen-bond acceptors (Lipinski definition) is 2. The summed E-state index contributed by atoms with van der Waals surface area (Å²) in [5, 5.41) is 3.30. The van der Waals surface area contributed by atoms with E-state index < -0.39 is 0 Å². The molecule has 0 bridgehead atoms. The quantitative estimate of drug-likeness (QED) is 0.768. The third kappa shape index (κ3) is 2.71. The van der Waals surface area contributed by atoms with Gasteiger partial charge >= 0.3 is 0 Å². The van der Waals surface area contributed by atoms with E-state index in [0.717, 1.165) is 25.8 Å². The summed E-state index contributed by atoms with van der Waals surface area (Å²) < 4.78 is 0. The Balaban J connectivity index is 2.58. The Labute approximate surface area is 93.2 Å². The lowest BCUT2D eigenvalue weighted by Gasteiger charge is -2.30. The average molecular weight is 212 g/mol. The molecule has 1 fully saturated rings. The van der Waals surface area contributed by atoms with Crippen LogP contribution in [0.25, 0.3) is 0 Å². The summed E-state index contributed by atoms with van der Waals surface area (Å²) in [5.41, 5.74) is 0. The van der Waals surface area contributed by atoms with E-state index in [-0.39, 0.29) is 11.9 Å². The molecule has 0 aromatic rings. The van der Waals surface area contributed by atoms with Crippen LogP contribution in [0.1, 0.15) is 40.0 Å². The van der Waals surface area contributed by atoms with E-state index in [9.17, 15) is 4.79 Å². The zero-order chi connectivity index (χ0) is 11.4. The molecular formula is C12H24N2O. The molecule has 3 heteroatoms. The highest BCUT2D eigenvalue weighted by Gasteiger charge is 2.32. The zero-order valence-electron chi connectivity index (χ0n) is 10.4. The molecular weight excluding hydrogens is 188 g/mol. The standard InChI is InChI=1S/C12H24N2O/c1-5-10(6-2)14(4)12(15)11-9(3)7-8-13-11/h9-11,13H,5-8H2,1-4H3. The number of amides is 1. The van der Waals surface area contributed by atoms with Gasteiger partial charge in [0.25, 0.3) is 0 Å². The Bertz CT molecular complexity index is 214. The third-order valence-corrected chi connectivity index (χ3v) is 3.64. The second kappa shape index (κ2) is 5.50. The largest absolute Gasteiger partial charge is 0.341 e. The van der Waals surface area contributed by atoms with Gasteiger partial charge in [-0.05, 0) is 31.7 Å². The van der Waals surface area contributed by atoms with Gasteiger partial charge in [0.1, 0.15) is 0 Å². The van der Waals surface area contributed by atoms with E-state index in [1.54, 1.807) is 0 Å². The molecule has 2 atom stereocenters. The maximum absolute atomic E-state index is 12.2. The van der Waals surface area contributed by atoms with E-state index in [1.807, 2.05) is 11.9 Å². The first kappa shape index (κ1) is 12.5. The Morgan fingerprint density at radius 1 is 1.47 bits per heavy atom. The molecule has 0 radical (unpaired) electrons. The predicted molar refractivity (Wildman–Crippen MR) is 62.7 cm³/mol. The zero-order valence-corrected chi connectivity index (χ0v) is 10.4. The summed E-state index contributed by atoms with van der Waals surface area (Å²) in [6.45, 7) is 7.42. The Morgan fingerprint density at radius 2 is 2.07 bits per heavy atom. The van der Waals surface area contributed by atoms with Crippen molar-refractivity contribution in [3.05, 3.63) is 0 Å². The molecule has 0 spiro atoms. The maximum atomic E-state index is 12.2. The minimum absolute atomic E-state index is 0.0515. The predicted octanol–water partition coefficient (Wildman–Crippen LogP) is 1.63. The fraction of sp³-hybridized carbons (Fsp3) is 0.917. The van der Waals surface area contributed by atoms with Crippen LogP contribution >= 0.6 is 0 Å². The van der Waals surface area contributed by atoms with E-state index in [0.29, 0.717) is 12.0 Å². The lowest BCUT2D eigenvalue weighted by molar-refractivity contribution is -0.134. The van der Waals surface area contributed by atoms with Gasteiger partial charge in [-0.15, -0.1) is 0 Å². The first-order valence-electron chi connectivity index (χ1n) is 6.11. The van der Waals surface area contributed by atoms with E-state index >= 15 is 0 Å². The Morgan fingerprint density at radius 3 is 2.47 bits per heavy atom. The van der Waals surface area contributed by atoms with Gasteiger partial charge in [-0.25, -0.2) is 0 Å². The molecule has 0 aliphatic carbocycles. The van der Waals surface area contributed by atoms with Crippen molar-refractivity contribution in [2.75, 3.05) is 13.6 Å². The summed E-state index contributed by atoms with van der Waals surface area (Å²) in [5.74, 6) is 0.753. The number of hydrogen-bond donors (Lipinski definition) is 1. The van der Waals surface area contributed by atoms with Gasteiger partial charge in [-0.1, -0.05) is 20.8 Å². The highest BCUT2D eigenvalue weighted by molar-refractivity contribution is 5.82. The first-order valence-corrected chi connectivity index (χ1v) is 6.11. The molecule has 1 N–H and O–H groups in total. The topological polar surface area (TPSA) is 32.3 Å².